The van der Waals surface area contributed by atoms with Gasteiger partial charge in [0, 0.05) is 6.54 Å². The van der Waals surface area contributed by atoms with E-state index in [4.69, 9.17) is 16.7 Å². The minimum Gasteiger partial charge on any atom is -0.478 e. The van der Waals surface area contributed by atoms with Crippen LogP contribution in [0.1, 0.15) is 10.4 Å². The number of carboxylic acid groups (broad SMARTS) is 1. The molecule has 0 spiro atoms. The van der Waals surface area contributed by atoms with Gasteiger partial charge in [-0.2, -0.15) is 0 Å². The van der Waals surface area contributed by atoms with Crippen LogP contribution >= 0.6 is 11.6 Å². The fraction of sp³-hybridized carbons (Fsp3) is 0.167. The van der Waals surface area contributed by atoms with Crippen LogP contribution in [0.3, 0.4) is 0 Å². The highest BCUT2D eigenvalue weighted by molar-refractivity contribution is 6.29. The van der Waals surface area contributed by atoms with Crippen molar-refractivity contribution in [1.29, 1.82) is 0 Å². The third-order valence-corrected chi connectivity index (χ3v) is 2.38. The van der Waals surface area contributed by atoms with Crippen LogP contribution in [-0.2, 0) is 4.79 Å². The number of carboxylic acids is 1. The van der Waals surface area contributed by atoms with Crippen molar-refractivity contribution in [3.63, 3.8) is 0 Å². The second-order valence-electron chi connectivity index (χ2n) is 3.25. The molecule has 0 unspecified atom stereocenters. The Bertz CT molecular complexity index is 445. The normalized spacial score (nSPS) is 9.71. The van der Waals surface area contributed by atoms with Crippen molar-refractivity contribution in [3.05, 3.63) is 42.5 Å². The van der Waals surface area contributed by atoms with E-state index in [1.807, 2.05) is 0 Å². The SMILES string of the molecule is C=CCN(C(=O)CCl)c1ccccc1C(=O)O. The van der Waals surface area contributed by atoms with E-state index in [0.717, 1.165) is 0 Å². The van der Waals surface area contributed by atoms with E-state index in [-0.39, 0.29) is 23.9 Å². The maximum absolute atomic E-state index is 11.6. The molecule has 0 bridgehead atoms. The van der Waals surface area contributed by atoms with E-state index in [1.54, 1.807) is 18.2 Å². The number of alkyl halides is 1. The number of halogens is 1. The average molecular weight is 254 g/mol. The summed E-state index contributed by atoms with van der Waals surface area (Å²) in [4.78, 5) is 24.0. The van der Waals surface area contributed by atoms with E-state index in [2.05, 4.69) is 6.58 Å². The van der Waals surface area contributed by atoms with Gasteiger partial charge in [0.1, 0.15) is 5.88 Å². The number of aromatic carboxylic acids is 1. The molecule has 0 atom stereocenters. The molecule has 1 amide bonds. The van der Waals surface area contributed by atoms with Crippen LogP contribution in [-0.4, -0.2) is 29.4 Å². The van der Waals surface area contributed by atoms with Gasteiger partial charge in [-0.1, -0.05) is 18.2 Å². The van der Waals surface area contributed by atoms with E-state index < -0.39 is 5.97 Å². The molecule has 17 heavy (non-hydrogen) atoms. The summed E-state index contributed by atoms with van der Waals surface area (Å²) in [6.45, 7) is 3.75. The van der Waals surface area contributed by atoms with Gasteiger partial charge in [0.25, 0.3) is 0 Å². The molecule has 0 aliphatic rings. The highest BCUT2D eigenvalue weighted by atomic mass is 35.5. The lowest BCUT2D eigenvalue weighted by molar-refractivity contribution is -0.116. The standard InChI is InChI=1S/C12H12ClNO3/c1-2-7-14(11(15)8-13)10-6-4-3-5-9(10)12(16)17/h2-6H,1,7-8H2,(H,16,17). The molecule has 1 aromatic carbocycles. The molecule has 4 nitrogen and oxygen atoms in total. The highest BCUT2D eigenvalue weighted by Gasteiger charge is 2.19. The molecule has 90 valence electrons. The lowest BCUT2D eigenvalue weighted by Gasteiger charge is -2.21. The van der Waals surface area contributed by atoms with Crippen molar-refractivity contribution in [2.45, 2.75) is 0 Å². The molecule has 1 aromatic rings. The van der Waals surface area contributed by atoms with Gasteiger partial charge < -0.3 is 10.0 Å². The zero-order valence-corrected chi connectivity index (χ0v) is 9.85. The number of amides is 1. The molecule has 0 aliphatic heterocycles. The Morgan fingerprint density at radius 2 is 2.06 bits per heavy atom. The van der Waals surface area contributed by atoms with E-state index >= 15 is 0 Å². The summed E-state index contributed by atoms with van der Waals surface area (Å²) < 4.78 is 0. The predicted octanol–water partition coefficient (Wildman–Crippen LogP) is 2.14. The maximum Gasteiger partial charge on any atom is 0.337 e. The summed E-state index contributed by atoms with van der Waals surface area (Å²) >= 11 is 5.49. The number of anilines is 1. The number of para-hydroxylation sites is 1. The Hall–Kier alpha value is -1.81. The lowest BCUT2D eigenvalue weighted by atomic mass is 10.1. The molecule has 0 fully saturated rings. The third kappa shape index (κ3) is 3.07. The number of benzene rings is 1. The Kier molecular flexibility index (Phi) is 4.72. The first-order chi connectivity index (χ1) is 8.11. The second kappa shape index (κ2) is 6.06. The molecule has 5 heteroatoms. The Balaban J connectivity index is 3.22. The fourth-order valence-corrected chi connectivity index (χ4v) is 1.57. The van der Waals surface area contributed by atoms with E-state index in [1.165, 1.54) is 17.0 Å². The quantitative estimate of drug-likeness (QED) is 0.646. The van der Waals surface area contributed by atoms with Crippen LogP contribution in [0.5, 0.6) is 0 Å². The first kappa shape index (κ1) is 13.3. The molecule has 1 rings (SSSR count). The van der Waals surface area contributed by atoms with Crippen molar-refractivity contribution >= 4 is 29.2 Å². The zero-order chi connectivity index (χ0) is 12.8. The number of rotatable bonds is 5. The van der Waals surface area contributed by atoms with Gasteiger partial charge >= 0.3 is 5.97 Å². The monoisotopic (exact) mass is 253 g/mol. The predicted molar refractivity (Wildman–Crippen MR) is 66.7 cm³/mol. The molecular formula is C12H12ClNO3. The van der Waals surface area contributed by atoms with Gasteiger partial charge in [0.2, 0.25) is 5.91 Å². The van der Waals surface area contributed by atoms with Gasteiger partial charge in [-0.3, -0.25) is 4.79 Å². The van der Waals surface area contributed by atoms with Crippen LogP contribution in [0, 0.1) is 0 Å². The Labute approximate surface area is 104 Å². The van der Waals surface area contributed by atoms with Gasteiger partial charge in [0.05, 0.1) is 11.3 Å². The topological polar surface area (TPSA) is 57.6 Å². The summed E-state index contributed by atoms with van der Waals surface area (Å²) in [5, 5.41) is 9.04. The summed E-state index contributed by atoms with van der Waals surface area (Å²) in [6, 6.07) is 6.27. The van der Waals surface area contributed by atoms with Crippen molar-refractivity contribution in [2.75, 3.05) is 17.3 Å². The molecule has 0 radical (unpaired) electrons. The average Bonchev–Trinajstić information content (AvgIpc) is 2.35. The first-order valence-corrected chi connectivity index (χ1v) is 5.44. The molecule has 1 N–H and O–H groups in total. The Morgan fingerprint density at radius 3 is 2.59 bits per heavy atom. The number of carbonyl (C=O) groups excluding carboxylic acids is 1. The molecule has 0 saturated heterocycles. The van der Waals surface area contributed by atoms with Crippen molar-refractivity contribution in [2.24, 2.45) is 0 Å². The summed E-state index contributed by atoms with van der Waals surface area (Å²) in [6.07, 6.45) is 1.52. The second-order valence-corrected chi connectivity index (χ2v) is 3.52. The first-order valence-electron chi connectivity index (χ1n) is 4.91. The molecule has 0 aromatic heterocycles. The van der Waals surface area contributed by atoms with Crippen molar-refractivity contribution in [1.82, 2.24) is 0 Å². The van der Waals surface area contributed by atoms with Gasteiger partial charge in [-0.25, -0.2) is 4.79 Å². The summed E-state index contributed by atoms with van der Waals surface area (Å²) in [5.41, 5.74) is 0.387. The van der Waals surface area contributed by atoms with Crippen molar-refractivity contribution < 1.29 is 14.7 Å². The van der Waals surface area contributed by atoms with Gasteiger partial charge in [-0.05, 0) is 12.1 Å². The van der Waals surface area contributed by atoms with E-state index in [0.29, 0.717) is 5.69 Å². The Morgan fingerprint density at radius 1 is 1.41 bits per heavy atom. The summed E-state index contributed by atoms with van der Waals surface area (Å²) in [5.74, 6) is -1.65. The number of nitrogens with zero attached hydrogens (tertiary/aromatic N) is 1. The smallest absolute Gasteiger partial charge is 0.337 e. The lowest BCUT2D eigenvalue weighted by Crippen LogP contribution is -2.33. The number of hydrogen-bond donors (Lipinski definition) is 1. The fourth-order valence-electron chi connectivity index (χ4n) is 1.43. The molecule has 0 heterocycles. The molecule has 0 aliphatic carbocycles. The summed E-state index contributed by atoms with van der Waals surface area (Å²) in [7, 11) is 0. The highest BCUT2D eigenvalue weighted by Crippen LogP contribution is 2.20. The van der Waals surface area contributed by atoms with Crippen molar-refractivity contribution in [3.8, 4) is 0 Å². The van der Waals surface area contributed by atoms with Crippen LogP contribution in [0.2, 0.25) is 0 Å². The number of hydrogen-bond acceptors (Lipinski definition) is 2. The maximum atomic E-state index is 11.6. The van der Waals surface area contributed by atoms with Crippen LogP contribution in [0.4, 0.5) is 5.69 Å². The molecular weight excluding hydrogens is 242 g/mol. The largest absolute Gasteiger partial charge is 0.478 e. The molecule has 0 saturated carbocycles. The number of carbonyl (C=O) groups is 2. The zero-order valence-electron chi connectivity index (χ0n) is 9.10. The minimum absolute atomic E-state index is 0.0628. The van der Waals surface area contributed by atoms with Gasteiger partial charge in [-0.15, -0.1) is 18.2 Å². The van der Waals surface area contributed by atoms with Crippen LogP contribution in [0.25, 0.3) is 0 Å². The van der Waals surface area contributed by atoms with Crippen LogP contribution in [0.15, 0.2) is 36.9 Å². The van der Waals surface area contributed by atoms with Gasteiger partial charge in [0.15, 0.2) is 0 Å². The minimum atomic E-state index is -1.09. The van der Waals surface area contributed by atoms with E-state index in [9.17, 15) is 9.59 Å². The van der Waals surface area contributed by atoms with Crippen LogP contribution < -0.4 is 4.90 Å². The third-order valence-electron chi connectivity index (χ3n) is 2.15.